The smallest absolute Gasteiger partial charge is 0.257 e. The summed E-state index contributed by atoms with van der Waals surface area (Å²) in [5.41, 5.74) is -0.0327. The molecule has 1 rings (SSSR count). The number of halogens is 2. The lowest BCUT2D eigenvalue weighted by Crippen LogP contribution is -2.29. The zero-order valence-electron chi connectivity index (χ0n) is 9.78. The molecule has 0 fully saturated rings. The number of hydrogen-bond donors (Lipinski definition) is 1. The van der Waals surface area contributed by atoms with Crippen molar-refractivity contribution in [1.29, 1.82) is 0 Å². The molecule has 0 aliphatic heterocycles. The van der Waals surface area contributed by atoms with Gasteiger partial charge in [0, 0.05) is 19.0 Å². The van der Waals surface area contributed by atoms with E-state index in [-0.39, 0.29) is 16.7 Å². The molecule has 0 heterocycles. The molecule has 5 heteroatoms. The Bertz CT molecular complexity index is 409. The van der Waals surface area contributed by atoms with Crippen LogP contribution >= 0.6 is 11.6 Å². The average Bonchev–Trinajstić information content (AvgIpc) is 2.28. The Labute approximate surface area is 105 Å². The van der Waals surface area contributed by atoms with E-state index in [1.807, 2.05) is 6.92 Å². The number of rotatable bonds is 4. The van der Waals surface area contributed by atoms with Gasteiger partial charge in [-0.3, -0.25) is 4.79 Å². The zero-order chi connectivity index (χ0) is 13.0. The summed E-state index contributed by atoms with van der Waals surface area (Å²) < 4.78 is 13.0. The molecule has 1 atom stereocenters. The van der Waals surface area contributed by atoms with Crippen molar-refractivity contribution in [3.05, 3.63) is 29.6 Å². The normalized spacial score (nSPS) is 12.2. The quantitative estimate of drug-likeness (QED) is 0.845. The molecule has 0 bridgehead atoms. The number of benzene rings is 1. The summed E-state index contributed by atoms with van der Waals surface area (Å²) in [4.78, 5) is 13.3. The van der Waals surface area contributed by atoms with Crippen LogP contribution in [0.25, 0.3) is 0 Å². The number of alkyl halides is 1. The van der Waals surface area contributed by atoms with E-state index in [9.17, 15) is 14.3 Å². The number of phenols is 1. The summed E-state index contributed by atoms with van der Waals surface area (Å²) in [7, 11) is 1.59. The second kappa shape index (κ2) is 5.87. The Hall–Kier alpha value is -1.29. The van der Waals surface area contributed by atoms with Crippen LogP contribution in [0.4, 0.5) is 4.39 Å². The van der Waals surface area contributed by atoms with Gasteiger partial charge in [-0.2, -0.15) is 0 Å². The van der Waals surface area contributed by atoms with Gasteiger partial charge in [-0.15, -0.1) is 11.6 Å². The van der Waals surface area contributed by atoms with Gasteiger partial charge in [0.1, 0.15) is 11.6 Å². The van der Waals surface area contributed by atoms with Crippen molar-refractivity contribution in [2.45, 2.75) is 18.7 Å². The molecule has 1 unspecified atom stereocenters. The van der Waals surface area contributed by atoms with Crippen molar-refractivity contribution >= 4 is 17.5 Å². The van der Waals surface area contributed by atoms with Crippen LogP contribution in [0.1, 0.15) is 23.7 Å². The van der Waals surface area contributed by atoms with Gasteiger partial charge < -0.3 is 10.0 Å². The molecule has 0 radical (unpaired) electrons. The monoisotopic (exact) mass is 259 g/mol. The highest BCUT2D eigenvalue weighted by Crippen LogP contribution is 2.19. The molecule has 1 aromatic carbocycles. The molecule has 0 saturated carbocycles. The van der Waals surface area contributed by atoms with Crippen molar-refractivity contribution in [2.75, 3.05) is 13.6 Å². The first kappa shape index (κ1) is 13.8. The summed E-state index contributed by atoms with van der Waals surface area (Å²) >= 11 is 5.78. The van der Waals surface area contributed by atoms with Gasteiger partial charge in [0.05, 0.1) is 5.56 Å². The predicted molar refractivity (Wildman–Crippen MR) is 65.0 cm³/mol. The lowest BCUT2D eigenvalue weighted by molar-refractivity contribution is 0.0790. The highest BCUT2D eigenvalue weighted by molar-refractivity contribution is 6.20. The SMILES string of the molecule is CC(Cl)CCN(C)C(=O)c1cc(F)ccc1O. The van der Waals surface area contributed by atoms with Crippen LogP contribution in [-0.2, 0) is 0 Å². The van der Waals surface area contributed by atoms with Crippen molar-refractivity contribution < 1.29 is 14.3 Å². The van der Waals surface area contributed by atoms with E-state index < -0.39 is 11.7 Å². The maximum atomic E-state index is 13.0. The predicted octanol–water partition coefficient (Wildman–Crippen LogP) is 2.62. The van der Waals surface area contributed by atoms with Gasteiger partial charge in [-0.25, -0.2) is 4.39 Å². The first-order chi connectivity index (χ1) is 7.91. The van der Waals surface area contributed by atoms with Crippen LogP contribution in [0, 0.1) is 5.82 Å². The molecule has 1 aromatic rings. The molecular formula is C12H15ClFNO2. The Morgan fingerprint density at radius 2 is 2.24 bits per heavy atom. The molecule has 0 aliphatic rings. The lowest BCUT2D eigenvalue weighted by Gasteiger charge is -2.18. The molecule has 3 nitrogen and oxygen atoms in total. The fraction of sp³-hybridized carbons (Fsp3) is 0.417. The van der Waals surface area contributed by atoms with Crippen molar-refractivity contribution in [3.8, 4) is 5.75 Å². The topological polar surface area (TPSA) is 40.5 Å². The second-order valence-corrected chi connectivity index (χ2v) is 4.70. The molecule has 1 N–H and O–H groups in total. The fourth-order valence-electron chi connectivity index (χ4n) is 1.36. The minimum absolute atomic E-state index is 0.0327. The van der Waals surface area contributed by atoms with Gasteiger partial charge in [0.2, 0.25) is 0 Å². The van der Waals surface area contributed by atoms with Gasteiger partial charge in [0.15, 0.2) is 0 Å². The van der Waals surface area contributed by atoms with Crippen LogP contribution in [0.3, 0.4) is 0 Å². The minimum atomic E-state index is -0.551. The number of hydrogen-bond acceptors (Lipinski definition) is 2. The highest BCUT2D eigenvalue weighted by Gasteiger charge is 2.16. The number of amides is 1. The molecule has 1 amide bonds. The molecule has 0 aliphatic carbocycles. The molecule has 94 valence electrons. The van der Waals surface area contributed by atoms with Crippen LogP contribution in [0.5, 0.6) is 5.75 Å². The molecule has 0 aromatic heterocycles. The maximum Gasteiger partial charge on any atom is 0.257 e. The standard InChI is InChI=1S/C12H15ClFNO2/c1-8(13)5-6-15(2)12(17)10-7-9(14)3-4-11(10)16/h3-4,7-8,16H,5-6H2,1-2H3. The summed E-state index contributed by atoms with van der Waals surface area (Å²) in [6.45, 7) is 2.29. The van der Waals surface area contributed by atoms with E-state index in [0.717, 1.165) is 12.1 Å². The minimum Gasteiger partial charge on any atom is -0.507 e. The van der Waals surface area contributed by atoms with Crippen LogP contribution in [-0.4, -0.2) is 34.9 Å². The second-order valence-electron chi connectivity index (χ2n) is 3.96. The molecular weight excluding hydrogens is 245 g/mol. The van der Waals surface area contributed by atoms with Gasteiger partial charge in [-0.05, 0) is 31.5 Å². The van der Waals surface area contributed by atoms with E-state index >= 15 is 0 Å². The summed E-state index contributed by atoms with van der Waals surface area (Å²) in [6, 6.07) is 3.30. The van der Waals surface area contributed by atoms with Gasteiger partial charge in [0.25, 0.3) is 5.91 Å². The summed E-state index contributed by atoms with van der Waals surface area (Å²) in [5, 5.41) is 9.46. The fourth-order valence-corrected chi connectivity index (χ4v) is 1.46. The Morgan fingerprint density at radius 3 is 2.82 bits per heavy atom. The maximum absolute atomic E-state index is 13.0. The van der Waals surface area contributed by atoms with Crippen LogP contribution in [0.15, 0.2) is 18.2 Å². The first-order valence-corrected chi connectivity index (χ1v) is 5.73. The number of nitrogens with zero attached hydrogens (tertiary/aromatic N) is 1. The number of carbonyl (C=O) groups is 1. The molecule has 17 heavy (non-hydrogen) atoms. The van der Waals surface area contributed by atoms with Gasteiger partial charge in [-0.1, -0.05) is 0 Å². The number of carbonyl (C=O) groups excluding carboxylic acids is 1. The van der Waals surface area contributed by atoms with Crippen molar-refractivity contribution in [1.82, 2.24) is 4.90 Å². The Balaban J connectivity index is 2.78. The number of aromatic hydroxyl groups is 1. The van der Waals surface area contributed by atoms with Crippen LogP contribution < -0.4 is 0 Å². The Morgan fingerprint density at radius 1 is 1.59 bits per heavy atom. The van der Waals surface area contributed by atoms with E-state index in [2.05, 4.69) is 0 Å². The Kier molecular flexibility index (Phi) is 4.75. The molecule has 0 saturated heterocycles. The summed E-state index contributed by atoms with van der Waals surface area (Å²) in [5.74, 6) is -1.19. The first-order valence-electron chi connectivity index (χ1n) is 5.30. The zero-order valence-corrected chi connectivity index (χ0v) is 10.5. The summed E-state index contributed by atoms with van der Waals surface area (Å²) in [6.07, 6.45) is 0.639. The van der Waals surface area contributed by atoms with Gasteiger partial charge >= 0.3 is 0 Å². The van der Waals surface area contributed by atoms with E-state index in [1.165, 1.54) is 11.0 Å². The third-order valence-electron chi connectivity index (χ3n) is 2.40. The van der Waals surface area contributed by atoms with E-state index in [4.69, 9.17) is 11.6 Å². The third-order valence-corrected chi connectivity index (χ3v) is 2.62. The average molecular weight is 260 g/mol. The van der Waals surface area contributed by atoms with Crippen LogP contribution in [0.2, 0.25) is 0 Å². The highest BCUT2D eigenvalue weighted by atomic mass is 35.5. The lowest BCUT2D eigenvalue weighted by atomic mass is 10.1. The van der Waals surface area contributed by atoms with E-state index in [1.54, 1.807) is 7.05 Å². The molecule has 0 spiro atoms. The van der Waals surface area contributed by atoms with E-state index in [0.29, 0.717) is 13.0 Å². The third kappa shape index (κ3) is 3.89. The van der Waals surface area contributed by atoms with Crippen molar-refractivity contribution in [3.63, 3.8) is 0 Å². The van der Waals surface area contributed by atoms with Crippen molar-refractivity contribution in [2.24, 2.45) is 0 Å². The largest absolute Gasteiger partial charge is 0.507 e. The number of phenolic OH excluding ortho intramolecular Hbond substituents is 1.